The summed E-state index contributed by atoms with van der Waals surface area (Å²) in [5.41, 5.74) is 0. The van der Waals surface area contributed by atoms with E-state index >= 15 is 0 Å². The van der Waals surface area contributed by atoms with Crippen LogP contribution in [0.4, 0.5) is 0 Å². The number of nitrogens with zero attached hydrogens (tertiary/aromatic N) is 1. The number of hydrogen-bond acceptors (Lipinski definition) is 3. The zero-order chi connectivity index (χ0) is 12.1. The number of methoxy groups -OCH3 is 1. The Morgan fingerprint density at radius 3 is 2.76 bits per heavy atom. The molecule has 0 spiro atoms. The van der Waals surface area contributed by atoms with Gasteiger partial charge >= 0.3 is 5.97 Å². The number of esters is 1. The Balaban J connectivity index is 2.08. The van der Waals surface area contributed by atoms with Crippen molar-refractivity contribution < 1.29 is 18.4 Å². The van der Waals surface area contributed by atoms with Gasteiger partial charge < -0.3 is 13.6 Å². The predicted molar refractivity (Wildman–Crippen MR) is 63.1 cm³/mol. The lowest BCUT2D eigenvalue weighted by atomic mass is 10.1. The number of piperidine rings is 1. The summed E-state index contributed by atoms with van der Waals surface area (Å²) in [6.45, 7) is 3.32. The number of ether oxygens (including phenoxy) is 1. The van der Waals surface area contributed by atoms with Crippen LogP contribution in [0, 0.1) is 0 Å². The number of rotatable bonds is 4. The molecule has 0 radical (unpaired) electrons. The van der Waals surface area contributed by atoms with Gasteiger partial charge in [-0.05, 0) is 31.4 Å². The summed E-state index contributed by atoms with van der Waals surface area (Å²) >= 11 is 0. The van der Waals surface area contributed by atoms with Gasteiger partial charge in [0.15, 0.2) is 12.3 Å². The topological polar surface area (TPSA) is 39.4 Å². The van der Waals surface area contributed by atoms with Crippen LogP contribution in [0.25, 0.3) is 0 Å². The molecule has 0 N–H and O–H groups in total. The highest BCUT2D eigenvalue weighted by Gasteiger charge is 2.33. The van der Waals surface area contributed by atoms with Crippen molar-refractivity contribution in [2.24, 2.45) is 0 Å². The lowest BCUT2D eigenvalue weighted by Crippen LogP contribution is -2.53. The molecular weight excluding hydrogens is 218 g/mol. The Morgan fingerprint density at radius 2 is 2.18 bits per heavy atom. The molecule has 2 rings (SSSR count). The molecule has 1 fully saturated rings. The zero-order valence-corrected chi connectivity index (χ0v) is 10.4. The number of likely N-dealkylation sites (tertiary alicyclic amines) is 1. The molecule has 0 amide bonds. The van der Waals surface area contributed by atoms with Crippen molar-refractivity contribution in [2.75, 3.05) is 26.7 Å². The van der Waals surface area contributed by atoms with Crippen molar-refractivity contribution in [2.45, 2.75) is 25.8 Å². The Hall–Kier alpha value is -1.29. The Labute approximate surface area is 102 Å². The second kappa shape index (κ2) is 5.36. The first kappa shape index (κ1) is 12.2. The number of carbonyl (C=O) groups is 1. The number of hydrogen-bond donors (Lipinski definition) is 0. The van der Waals surface area contributed by atoms with Crippen molar-refractivity contribution in [3.63, 3.8) is 0 Å². The summed E-state index contributed by atoms with van der Waals surface area (Å²) in [4.78, 5) is 11.5. The molecule has 0 atom stereocenters. The molecule has 1 saturated heterocycles. The fourth-order valence-corrected chi connectivity index (χ4v) is 2.63. The highest BCUT2D eigenvalue weighted by Crippen LogP contribution is 2.23. The maximum atomic E-state index is 11.5. The molecule has 0 unspecified atom stereocenters. The van der Waals surface area contributed by atoms with Gasteiger partial charge in [0.1, 0.15) is 6.54 Å². The predicted octanol–water partition coefficient (Wildman–Crippen LogP) is 1.95. The van der Waals surface area contributed by atoms with E-state index in [0.29, 0.717) is 6.54 Å². The van der Waals surface area contributed by atoms with E-state index in [0.717, 1.165) is 29.9 Å². The van der Waals surface area contributed by atoms with E-state index < -0.39 is 0 Å². The highest BCUT2D eigenvalue weighted by atomic mass is 16.5. The van der Waals surface area contributed by atoms with Crippen LogP contribution in [0.1, 0.15) is 25.0 Å². The van der Waals surface area contributed by atoms with E-state index in [4.69, 9.17) is 9.15 Å². The zero-order valence-electron chi connectivity index (χ0n) is 10.4. The second-order valence-electron chi connectivity index (χ2n) is 4.82. The molecule has 94 valence electrons. The molecule has 0 saturated carbocycles. The smallest absolute Gasteiger partial charge is 0.361 e. The van der Waals surface area contributed by atoms with E-state index in [1.807, 2.05) is 12.1 Å². The average Bonchev–Trinajstić information content (AvgIpc) is 2.82. The quantitative estimate of drug-likeness (QED) is 0.594. The molecule has 0 aromatic carbocycles. The van der Waals surface area contributed by atoms with Crippen molar-refractivity contribution in [3.8, 4) is 0 Å². The van der Waals surface area contributed by atoms with Crippen LogP contribution >= 0.6 is 0 Å². The standard InChI is InChI=1S/C13H20NO3/c1-16-13(15)11-14(7-3-2-4-8-14)10-12-6-5-9-17-12/h5-6,9H,2-4,7-8,10-11H2,1H3/q+1. The monoisotopic (exact) mass is 238 g/mol. The van der Waals surface area contributed by atoms with E-state index in [1.54, 1.807) is 6.26 Å². The molecule has 2 heterocycles. The molecule has 1 aromatic heterocycles. The van der Waals surface area contributed by atoms with Gasteiger partial charge in [0, 0.05) is 0 Å². The van der Waals surface area contributed by atoms with Gasteiger partial charge in [0.05, 0.1) is 26.5 Å². The van der Waals surface area contributed by atoms with Gasteiger partial charge in [0.25, 0.3) is 0 Å². The fraction of sp³-hybridized carbons (Fsp3) is 0.615. The van der Waals surface area contributed by atoms with Crippen LogP contribution in [0.15, 0.2) is 22.8 Å². The molecule has 0 bridgehead atoms. The normalized spacial score (nSPS) is 18.9. The summed E-state index contributed by atoms with van der Waals surface area (Å²) in [6, 6.07) is 3.87. The van der Waals surface area contributed by atoms with E-state index in [2.05, 4.69) is 0 Å². The third kappa shape index (κ3) is 3.09. The number of carbonyl (C=O) groups excluding carboxylic acids is 1. The van der Waals surface area contributed by atoms with Gasteiger partial charge in [-0.25, -0.2) is 4.79 Å². The lowest BCUT2D eigenvalue weighted by molar-refractivity contribution is -0.939. The first-order chi connectivity index (χ1) is 8.24. The summed E-state index contributed by atoms with van der Waals surface area (Å²) in [6.07, 6.45) is 5.31. The third-order valence-corrected chi connectivity index (χ3v) is 3.53. The molecular formula is C13H20NO3+. The highest BCUT2D eigenvalue weighted by molar-refractivity contribution is 5.70. The van der Waals surface area contributed by atoms with Crippen molar-refractivity contribution in [3.05, 3.63) is 24.2 Å². The van der Waals surface area contributed by atoms with Gasteiger partial charge in [-0.1, -0.05) is 0 Å². The summed E-state index contributed by atoms with van der Waals surface area (Å²) in [5.74, 6) is 0.828. The second-order valence-corrected chi connectivity index (χ2v) is 4.82. The summed E-state index contributed by atoms with van der Waals surface area (Å²) < 4.78 is 11.0. The molecule has 1 aliphatic heterocycles. The SMILES string of the molecule is COC(=O)C[N+]1(Cc2ccco2)CCCCC1. The first-order valence-corrected chi connectivity index (χ1v) is 6.18. The van der Waals surface area contributed by atoms with Crippen molar-refractivity contribution >= 4 is 5.97 Å². The third-order valence-electron chi connectivity index (χ3n) is 3.53. The minimum Gasteiger partial charge on any atom is -0.465 e. The van der Waals surface area contributed by atoms with Crippen LogP contribution in [0.3, 0.4) is 0 Å². The maximum absolute atomic E-state index is 11.5. The average molecular weight is 238 g/mol. The van der Waals surface area contributed by atoms with E-state index in [9.17, 15) is 4.79 Å². The Kier molecular flexibility index (Phi) is 3.84. The van der Waals surface area contributed by atoms with Crippen LogP contribution < -0.4 is 0 Å². The van der Waals surface area contributed by atoms with Gasteiger partial charge in [-0.15, -0.1) is 0 Å². The molecule has 0 aliphatic carbocycles. The molecule has 1 aliphatic rings. The van der Waals surface area contributed by atoms with Crippen LogP contribution in [0.5, 0.6) is 0 Å². The first-order valence-electron chi connectivity index (χ1n) is 6.18. The molecule has 4 nitrogen and oxygen atoms in total. The van der Waals surface area contributed by atoms with E-state index in [-0.39, 0.29) is 5.97 Å². The molecule has 1 aromatic rings. The fourth-order valence-electron chi connectivity index (χ4n) is 2.63. The summed E-state index contributed by atoms with van der Waals surface area (Å²) in [7, 11) is 1.45. The van der Waals surface area contributed by atoms with Gasteiger partial charge in [-0.2, -0.15) is 0 Å². The largest absolute Gasteiger partial charge is 0.465 e. The van der Waals surface area contributed by atoms with Crippen LogP contribution in [-0.2, 0) is 16.1 Å². The van der Waals surface area contributed by atoms with Gasteiger partial charge in [0.2, 0.25) is 0 Å². The Morgan fingerprint density at radius 1 is 1.41 bits per heavy atom. The molecule has 17 heavy (non-hydrogen) atoms. The Bertz CT molecular complexity index is 353. The minimum absolute atomic E-state index is 0.126. The maximum Gasteiger partial charge on any atom is 0.361 e. The van der Waals surface area contributed by atoms with E-state index in [1.165, 1.54) is 26.4 Å². The van der Waals surface area contributed by atoms with Gasteiger partial charge in [-0.3, -0.25) is 0 Å². The van der Waals surface area contributed by atoms with Crippen LogP contribution in [-0.4, -0.2) is 37.2 Å². The number of furan rings is 1. The summed E-state index contributed by atoms with van der Waals surface area (Å²) in [5, 5.41) is 0. The van der Waals surface area contributed by atoms with Crippen molar-refractivity contribution in [1.29, 1.82) is 0 Å². The molecule has 4 heteroatoms. The minimum atomic E-state index is -0.126. The van der Waals surface area contributed by atoms with Crippen LogP contribution in [0.2, 0.25) is 0 Å². The number of quaternary nitrogens is 1. The lowest BCUT2D eigenvalue weighted by Gasteiger charge is -2.39. The van der Waals surface area contributed by atoms with Crippen molar-refractivity contribution in [1.82, 2.24) is 0 Å².